The zero-order valence-electron chi connectivity index (χ0n) is 10.5. The molecule has 0 fully saturated rings. The smallest absolute Gasteiger partial charge is 0.322 e. The number of halogens is 3. The van der Waals surface area contributed by atoms with E-state index in [0.717, 1.165) is 12.3 Å². The fourth-order valence-electron chi connectivity index (χ4n) is 1.59. The number of nitrogens with one attached hydrogen (secondary N) is 1. The first-order valence-corrected chi connectivity index (χ1v) is 5.74. The second kappa shape index (κ2) is 5.63. The fourth-order valence-corrected chi connectivity index (χ4v) is 1.59. The highest BCUT2D eigenvalue weighted by molar-refractivity contribution is 6.04. The van der Waals surface area contributed by atoms with E-state index in [1.54, 1.807) is 12.1 Å². The first-order valence-electron chi connectivity index (χ1n) is 5.74. The molecular weight excluding hydrogens is 283 g/mol. The number of hydrogen-bond donors (Lipinski definition) is 1. The summed E-state index contributed by atoms with van der Waals surface area (Å²) in [5.74, 6) is -0.733. The van der Waals surface area contributed by atoms with Crippen LogP contribution >= 0.6 is 0 Å². The van der Waals surface area contributed by atoms with Crippen LogP contribution in [0, 0.1) is 11.3 Å². The Morgan fingerprint density at radius 1 is 1.24 bits per heavy atom. The number of rotatable bonds is 2. The molecule has 2 rings (SSSR count). The van der Waals surface area contributed by atoms with Gasteiger partial charge in [-0.3, -0.25) is 9.78 Å². The summed E-state index contributed by atoms with van der Waals surface area (Å²) in [4.78, 5) is 15.3. The number of pyridine rings is 1. The van der Waals surface area contributed by atoms with Gasteiger partial charge in [0, 0.05) is 18.1 Å². The predicted molar refractivity (Wildman–Crippen MR) is 68.3 cm³/mol. The monoisotopic (exact) mass is 291 g/mol. The van der Waals surface area contributed by atoms with E-state index in [1.165, 1.54) is 12.1 Å². The number of hydrogen-bond acceptors (Lipinski definition) is 3. The third-order valence-electron chi connectivity index (χ3n) is 2.58. The van der Waals surface area contributed by atoms with Gasteiger partial charge in [-0.1, -0.05) is 6.07 Å². The molecular formula is C14H8F3N3O. The van der Waals surface area contributed by atoms with E-state index >= 15 is 0 Å². The van der Waals surface area contributed by atoms with Gasteiger partial charge in [0.1, 0.15) is 0 Å². The normalized spacial score (nSPS) is 10.8. The molecule has 1 amide bonds. The van der Waals surface area contributed by atoms with Crippen LogP contribution in [0.25, 0.3) is 0 Å². The van der Waals surface area contributed by atoms with Gasteiger partial charge in [0.15, 0.2) is 0 Å². The molecule has 0 aliphatic carbocycles. The van der Waals surface area contributed by atoms with E-state index in [-0.39, 0.29) is 5.56 Å². The molecule has 1 aromatic heterocycles. The van der Waals surface area contributed by atoms with Crippen molar-refractivity contribution in [2.24, 2.45) is 0 Å². The average molecular weight is 291 g/mol. The second-order valence-electron chi connectivity index (χ2n) is 4.11. The molecule has 0 unspecified atom stereocenters. The third-order valence-corrected chi connectivity index (χ3v) is 2.58. The van der Waals surface area contributed by atoms with Gasteiger partial charge in [0.2, 0.25) is 0 Å². The van der Waals surface area contributed by atoms with Crippen molar-refractivity contribution in [3.05, 3.63) is 59.4 Å². The van der Waals surface area contributed by atoms with Crippen LogP contribution in [0.1, 0.15) is 21.5 Å². The van der Waals surface area contributed by atoms with Crippen molar-refractivity contribution in [1.82, 2.24) is 4.98 Å². The molecule has 1 aromatic carbocycles. The molecule has 0 radical (unpaired) electrons. The number of anilines is 1. The summed E-state index contributed by atoms with van der Waals surface area (Å²) in [5, 5.41) is 11.2. The minimum absolute atomic E-state index is 0.216. The molecule has 21 heavy (non-hydrogen) atoms. The van der Waals surface area contributed by atoms with Crippen molar-refractivity contribution in [3.63, 3.8) is 0 Å². The van der Waals surface area contributed by atoms with E-state index < -0.39 is 17.6 Å². The van der Waals surface area contributed by atoms with Crippen LogP contribution in [0.2, 0.25) is 0 Å². The number of amides is 1. The maximum atomic E-state index is 12.5. The van der Waals surface area contributed by atoms with Crippen molar-refractivity contribution >= 4 is 11.6 Å². The third kappa shape index (κ3) is 3.57. The summed E-state index contributed by atoms with van der Waals surface area (Å²) >= 11 is 0. The van der Waals surface area contributed by atoms with Crippen LogP contribution in [-0.4, -0.2) is 10.9 Å². The van der Waals surface area contributed by atoms with Crippen molar-refractivity contribution in [2.45, 2.75) is 6.18 Å². The summed E-state index contributed by atoms with van der Waals surface area (Å²) in [7, 11) is 0. The number of nitriles is 1. The summed E-state index contributed by atoms with van der Waals surface area (Å²) < 4.78 is 37.6. The Balaban J connectivity index is 2.23. The zero-order valence-corrected chi connectivity index (χ0v) is 10.5. The quantitative estimate of drug-likeness (QED) is 0.923. The van der Waals surface area contributed by atoms with Gasteiger partial charge in [-0.05, 0) is 24.3 Å². The summed E-state index contributed by atoms with van der Waals surface area (Å²) in [6.45, 7) is 0. The van der Waals surface area contributed by atoms with Gasteiger partial charge >= 0.3 is 6.18 Å². The Hall–Kier alpha value is -2.88. The number of nitrogens with zero attached hydrogens (tertiary/aromatic N) is 2. The summed E-state index contributed by atoms with van der Waals surface area (Å²) in [6.07, 6.45) is -2.88. The standard InChI is InChI=1S/C14H8F3N3O/c15-14(16,17)11-5-10(7-19-8-11)13(21)20-12-3-1-2-9(4-12)6-18/h1-5,7-8H,(H,20,21). The van der Waals surface area contributed by atoms with Crippen LogP contribution in [0.3, 0.4) is 0 Å². The number of alkyl halides is 3. The molecule has 1 heterocycles. The lowest BCUT2D eigenvalue weighted by atomic mass is 10.1. The molecule has 0 atom stereocenters. The first-order chi connectivity index (χ1) is 9.90. The van der Waals surface area contributed by atoms with Crippen molar-refractivity contribution in [2.75, 3.05) is 5.32 Å². The lowest BCUT2D eigenvalue weighted by molar-refractivity contribution is -0.137. The van der Waals surface area contributed by atoms with Gasteiger partial charge in [-0.15, -0.1) is 0 Å². The first kappa shape index (κ1) is 14.5. The lowest BCUT2D eigenvalue weighted by Crippen LogP contribution is -2.14. The molecule has 0 saturated heterocycles. The Kier molecular flexibility index (Phi) is 3.89. The van der Waals surface area contributed by atoms with Gasteiger partial charge < -0.3 is 5.32 Å². The molecule has 4 nitrogen and oxygen atoms in total. The number of carbonyl (C=O) groups is 1. The van der Waals surface area contributed by atoms with E-state index in [4.69, 9.17) is 5.26 Å². The van der Waals surface area contributed by atoms with E-state index in [1.807, 2.05) is 6.07 Å². The second-order valence-corrected chi connectivity index (χ2v) is 4.11. The Bertz CT molecular complexity index is 720. The van der Waals surface area contributed by atoms with E-state index in [9.17, 15) is 18.0 Å². The Labute approximate surface area is 117 Å². The zero-order chi connectivity index (χ0) is 15.5. The largest absolute Gasteiger partial charge is 0.417 e. The van der Waals surface area contributed by atoms with Crippen molar-refractivity contribution < 1.29 is 18.0 Å². The molecule has 2 aromatic rings. The Morgan fingerprint density at radius 3 is 2.67 bits per heavy atom. The highest BCUT2D eigenvalue weighted by atomic mass is 19.4. The highest BCUT2D eigenvalue weighted by Crippen LogP contribution is 2.29. The predicted octanol–water partition coefficient (Wildman–Crippen LogP) is 3.22. The van der Waals surface area contributed by atoms with Gasteiger partial charge in [-0.25, -0.2) is 0 Å². The molecule has 7 heteroatoms. The van der Waals surface area contributed by atoms with Crippen LogP contribution in [0.5, 0.6) is 0 Å². The van der Waals surface area contributed by atoms with Crippen molar-refractivity contribution in [1.29, 1.82) is 5.26 Å². The van der Waals surface area contributed by atoms with Gasteiger partial charge in [0.05, 0.1) is 22.8 Å². The molecule has 0 bridgehead atoms. The van der Waals surface area contributed by atoms with Gasteiger partial charge in [-0.2, -0.15) is 18.4 Å². The van der Waals surface area contributed by atoms with Crippen molar-refractivity contribution in [3.8, 4) is 6.07 Å². The number of aromatic nitrogens is 1. The highest BCUT2D eigenvalue weighted by Gasteiger charge is 2.31. The van der Waals surface area contributed by atoms with Crippen LogP contribution in [-0.2, 0) is 6.18 Å². The molecule has 0 saturated carbocycles. The van der Waals surface area contributed by atoms with Crippen LogP contribution in [0.4, 0.5) is 18.9 Å². The minimum atomic E-state index is -4.57. The number of carbonyl (C=O) groups excluding carboxylic acids is 1. The topological polar surface area (TPSA) is 65.8 Å². The van der Waals surface area contributed by atoms with E-state index in [2.05, 4.69) is 10.3 Å². The fraction of sp³-hybridized carbons (Fsp3) is 0.0714. The average Bonchev–Trinajstić information content (AvgIpc) is 2.46. The maximum Gasteiger partial charge on any atom is 0.417 e. The molecule has 0 aliphatic heterocycles. The van der Waals surface area contributed by atoms with Gasteiger partial charge in [0.25, 0.3) is 5.91 Å². The number of benzene rings is 1. The Morgan fingerprint density at radius 2 is 2.00 bits per heavy atom. The molecule has 0 spiro atoms. The summed E-state index contributed by atoms with van der Waals surface area (Å²) in [6, 6.07) is 8.66. The SMILES string of the molecule is N#Cc1cccc(NC(=O)c2cncc(C(F)(F)F)c2)c1. The van der Waals surface area contributed by atoms with Crippen LogP contribution in [0.15, 0.2) is 42.7 Å². The van der Waals surface area contributed by atoms with E-state index in [0.29, 0.717) is 17.4 Å². The molecule has 0 aliphatic rings. The molecule has 106 valence electrons. The lowest BCUT2D eigenvalue weighted by Gasteiger charge is -2.08. The maximum absolute atomic E-state index is 12.5. The summed E-state index contributed by atoms with van der Waals surface area (Å²) in [5.41, 5.74) is -0.570. The van der Waals surface area contributed by atoms with Crippen LogP contribution < -0.4 is 5.32 Å². The minimum Gasteiger partial charge on any atom is -0.322 e. The molecule has 1 N–H and O–H groups in total.